The Bertz CT molecular complexity index is 761. The van der Waals surface area contributed by atoms with E-state index in [9.17, 15) is 4.79 Å². The Kier molecular flexibility index (Phi) is 7.31. The predicted molar refractivity (Wildman–Crippen MR) is 112 cm³/mol. The van der Waals surface area contributed by atoms with Gasteiger partial charge in [0.05, 0.1) is 20.3 Å². The first-order chi connectivity index (χ1) is 13.6. The summed E-state index contributed by atoms with van der Waals surface area (Å²) in [6.45, 7) is 3.23. The minimum absolute atomic E-state index is 0.130. The van der Waals surface area contributed by atoms with Gasteiger partial charge in [-0.1, -0.05) is 44.0 Å². The van der Waals surface area contributed by atoms with E-state index in [0.717, 1.165) is 29.0 Å². The molecule has 2 aromatic rings. The SMILES string of the molecule is COc1ccc(COCc2cccc(NC(=O)NC3CCCCC3C)c2)cc1. The first kappa shape index (κ1) is 20.2. The van der Waals surface area contributed by atoms with Gasteiger partial charge in [-0.25, -0.2) is 4.79 Å². The zero-order valence-corrected chi connectivity index (χ0v) is 16.7. The van der Waals surface area contributed by atoms with Crippen molar-refractivity contribution in [2.45, 2.75) is 51.9 Å². The fraction of sp³-hybridized carbons (Fsp3) is 0.435. The average Bonchev–Trinajstić information content (AvgIpc) is 2.70. The first-order valence-corrected chi connectivity index (χ1v) is 10.0. The van der Waals surface area contributed by atoms with Crippen LogP contribution in [0.2, 0.25) is 0 Å². The van der Waals surface area contributed by atoms with Crippen LogP contribution in [0.3, 0.4) is 0 Å². The second kappa shape index (κ2) is 10.1. The lowest BCUT2D eigenvalue weighted by Crippen LogP contribution is -2.43. The number of benzene rings is 2. The Labute approximate surface area is 167 Å². The van der Waals surface area contributed by atoms with Crippen LogP contribution in [0.5, 0.6) is 5.75 Å². The molecule has 3 rings (SSSR count). The lowest BCUT2D eigenvalue weighted by Gasteiger charge is -2.29. The topological polar surface area (TPSA) is 59.6 Å². The number of amides is 2. The molecule has 0 spiro atoms. The van der Waals surface area contributed by atoms with Gasteiger partial charge in [0.2, 0.25) is 0 Å². The second-order valence-electron chi connectivity index (χ2n) is 7.51. The van der Waals surface area contributed by atoms with Crippen LogP contribution in [0.4, 0.5) is 10.5 Å². The molecule has 1 saturated carbocycles. The smallest absolute Gasteiger partial charge is 0.319 e. The Morgan fingerprint density at radius 1 is 1.04 bits per heavy atom. The Balaban J connectivity index is 1.47. The molecule has 0 bridgehead atoms. The van der Waals surface area contributed by atoms with Crippen molar-refractivity contribution in [3.63, 3.8) is 0 Å². The van der Waals surface area contributed by atoms with Gasteiger partial charge in [0.15, 0.2) is 0 Å². The van der Waals surface area contributed by atoms with E-state index in [4.69, 9.17) is 9.47 Å². The third-order valence-corrected chi connectivity index (χ3v) is 5.31. The van der Waals surface area contributed by atoms with Gasteiger partial charge in [-0.3, -0.25) is 0 Å². The van der Waals surface area contributed by atoms with E-state index < -0.39 is 0 Å². The van der Waals surface area contributed by atoms with Crippen molar-refractivity contribution in [1.82, 2.24) is 5.32 Å². The van der Waals surface area contributed by atoms with Gasteiger partial charge in [0.25, 0.3) is 0 Å². The van der Waals surface area contributed by atoms with Crippen LogP contribution in [0.15, 0.2) is 48.5 Å². The maximum atomic E-state index is 12.3. The molecule has 2 N–H and O–H groups in total. The molecule has 2 unspecified atom stereocenters. The molecular formula is C23H30N2O3. The number of urea groups is 1. The number of rotatable bonds is 7. The highest BCUT2D eigenvalue weighted by molar-refractivity contribution is 5.89. The van der Waals surface area contributed by atoms with Gasteiger partial charge in [0.1, 0.15) is 5.75 Å². The van der Waals surface area contributed by atoms with Crippen molar-refractivity contribution in [3.8, 4) is 5.75 Å². The van der Waals surface area contributed by atoms with Gasteiger partial charge in [-0.05, 0) is 54.2 Å². The molecule has 2 amide bonds. The molecule has 28 heavy (non-hydrogen) atoms. The van der Waals surface area contributed by atoms with Crippen molar-refractivity contribution in [2.24, 2.45) is 5.92 Å². The summed E-state index contributed by atoms with van der Waals surface area (Å²) in [4.78, 5) is 12.3. The van der Waals surface area contributed by atoms with Gasteiger partial charge in [-0.15, -0.1) is 0 Å². The molecule has 150 valence electrons. The van der Waals surface area contributed by atoms with Gasteiger partial charge in [-0.2, -0.15) is 0 Å². The van der Waals surface area contributed by atoms with Crippen molar-refractivity contribution < 1.29 is 14.3 Å². The van der Waals surface area contributed by atoms with Crippen molar-refractivity contribution in [2.75, 3.05) is 12.4 Å². The van der Waals surface area contributed by atoms with E-state index >= 15 is 0 Å². The predicted octanol–water partition coefficient (Wildman–Crippen LogP) is 5.11. The van der Waals surface area contributed by atoms with E-state index in [1.807, 2.05) is 48.5 Å². The molecule has 0 radical (unpaired) electrons. The van der Waals surface area contributed by atoms with Crippen LogP contribution >= 0.6 is 0 Å². The summed E-state index contributed by atoms with van der Waals surface area (Å²) in [7, 11) is 1.66. The van der Waals surface area contributed by atoms with Crippen LogP contribution in [-0.2, 0) is 18.0 Å². The van der Waals surface area contributed by atoms with E-state index in [1.54, 1.807) is 7.11 Å². The summed E-state index contributed by atoms with van der Waals surface area (Å²) in [6, 6.07) is 15.8. The fourth-order valence-corrected chi connectivity index (χ4v) is 3.61. The van der Waals surface area contributed by atoms with E-state index in [-0.39, 0.29) is 12.1 Å². The molecule has 2 aromatic carbocycles. The number of carbonyl (C=O) groups excluding carboxylic acids is 1. The number of anilines is 1. The Morgan fingerprint density at radius 2 is 1.79 bits per heavy atom. The summed E-state index contributed by atoms with van der Waals surface area (Å²) < 4.78 is 11.0. The second-order valence-corrected chi connectivity index (χ2v) is 7.51. The molecular weight excluding hydrogens is 352 g/mol. The summed E-state index contributed by atoms with van der Waals surface area (Å²) >= 11 is 0. The van der Waals surface area contributed by atoms with E-state index in [1.165, 1.54) is 19.3 Å². The number of hydrogen-bond donors (Lipinski definition) is 2. The van der Waals surface area contributed by atoms with Crippen molar-refractivity contribution >= 4 is 11.7 Å². The monoisotopic (exact) mass is 382 g/mol. The number of carbonyl (C=O) groups is 1. The summed E-state index contributed by atoms with van der Waals surface area (Å²) in [5.41, 5.74) is 2.90. The zero-order chi connectivity index (χ0) is 19.8. The maximum Gasteiger partial charge on any atom is 0.319 e. The number of ether oxygens (including phenoxy) is 2. The normalized spacial score (nSPS) is 19.1. The van der Waals surface area contributed by atoms with Crippen LogP contribution in [0, 0.1) is 5.92 Å². The summed E-state index contributed by atoms with van der Waals surface area (Å²) in [5.74, 6) is 1.38. The zero-order valence-electron chi connectivity index (χ0n) is 16.7. The lowest BCUT2D eigenvalue weighted by atomic mass is 9.86. The molecule has 5 nitrogen and oxygen atoms in total. The van der Waals surface area contributed by atoms with Crippen LogP contribution in [-0.4, -0.2) is 19.2 Å². The fourth-order valence-electron chi connectivity index (χ4n) is 3.61. The molecule has 1 fully saturated rings. The Morgan fingerprint density at radius 3 is 2.54 bits per heavy atom. The lowest BCUT2D eigenvalue weighted by molar-refractivity contribution is 0.107. The molecule has 1 aliphatic rings. The highest BCUT2D eigenvalue weighted by Gasteiger charge is 2.22. The molecule has 1 aliphatic carbocycles. The third-order valence-electron chi connectivity index (χ3n) is 5.31. The molecule has 2 atom stereocenters. The van der Waals surface area contributed by atoms with Gasteiger partial charge < -0.3 is 20.1 Å². The van der Waals surface area contributed by atoms with Crippen molar-refractivity contribution in [1.29, 1.82) is 0 Å². The minimum Gasteiger partial charge on any atom is -0.497 e. The largest absolute Gasteiger partial charge is 0.497 e. The number of hydrogen-bond acceptors (Lipinski definition) is 3. The maximum absolute atomic E-state index is 12.3. The van der Waals surface area contributed by atoms with E-state index in [2.05, 4.69) is 17.6 Å². The highest BCUT2D eigenvalue weighted by atomic mass is 16.5. The quantitative estimate of drug-likeness (QED) is 0.699. The van der Waals surface area contributed by atoms with Crippen LogP contribution in [0.25, 0.3) is 0 Å². The number of methoxy groups -OCH3 is 1. The van der Waals surface area contributed by atoms with Gasteiger partial charge >= 0.3 is 6.03 Å². The standard InChI is InChI=1S/C23H30N2O3/c1-17-6-3-4-9-22(17)25-23(26)24-20-8-5-7-19(14-20)16-28-15-18-10-12-21(27-2)13-11-18/h5,7-8,10-14,17,22H,3-4,6,9,15-16H2,1-2H3,(H2,24,25,26). The van der Waals surface area contributed by atoms with Crippen LogP contribution in [0.1, 0.15) is 43.7 Å². The molecule has 5 heteroatoms. The third kappa shape index (κ3) is 5.99. The highest BCUT2D eigenvalue weighted by Crippen LogP contribution is 2.24. The molecule has 0 heterocycles. The molecule has 0 saturated heterocycles. The summed E-state index contributed by atoms with van der Waals surface area (Å²) in [5, 5.41) is 6.07. The number of nitrogens with one attached hydrogen (secondary N) is 2. The van der Waals surface area contributed by atoms with E-state index in [0.29, 0.717) is 19.1 Å². The Hall–Kier alpha value is -2.53. The van der Waals surface area contributed by atoms with Crippen LogP contribution < -0.4 is 15.4 Å². The molecule has 0 aliphatic heterocycles. The minimum atomic E-state index is -0.130. The summed E-state index contributed by atoms with van der Waals surface area (Å²) in [6.07, 6.45) is 4.70. The molecule has 0 aromatic heterocycles. The van der Waals surface area contributed by atoms with Gasteiger partial charge in [0, 0.05) is 11.7 Å². The van der Waals surface area contributed by atoms with Crippen molar-refractivity contribution in [3.05, 3.63) is 59.7 Å². The first-order valence-electron chi connectivity index (χ1n) is 10.0. The average molecular weight is 383 g/mol.